The number of rotatable bonds is 11. The minimum Gasteiger partial charge on any atom is -0.314 e. The third kappa shape index (κ3) is 7.27. The van der Waals surface area contributed by atoms with E-state index in [4.69, 9.17) is 0 Å². The second kappa shape index (κ2) is 9.04. The van der Waals surface area contributed by atoms with E-state index >= 15 is 0 Å². The summed E-state index contributed by atoms with van der Waals surface area (Å²) in [5.41, 5.74) is 0. The van der Waals surface area contributed by atoms with E-state index in [2.05, 4.69) is 19.2 Å². The molecule has 0 aliphatic heterocycles. The smallest absolute Gasteiger partial charge is 0.00695 e. The van der Waals surface area contributed by atoms with Crippen molar-refractivity contribution in [2.45, 2.75) is 84.1 Å². The molecule has 96 valence electrons. The van der Waals surface area contributed by atoms with Crippen LogP contribution in [-0.4, -0.2) is 12.6 Å². The third-order valence-corrected chi connectivity index (χ3v) is 3.71. The van der Waals surface area contributed by atoms with Crippen LogP contribution in [-0.2, 0) is 0 Å². The van der Waals surface area contributed by atoms with Crippen LogP contribution in [0, 0.1) is 5.92 Å². The van der Waals surface area contributed by atoms with E-state index in [1.165, 1.54) is 64.2 Å². The molecule has 0 spiro atoms. The fourth-order valence-corrected chi connectivity index (χ4v) is 2.52. The Morgan fingerprint density at radius 3 is 2.31 bits per heavy atom. The minimum absolute atomic E-state index is 0.823. The van der Waals surface area contributed by atoms with Gasteiger partial charge < -0.3 is 5.32 Å². The summed E-state index contributed by atoms with van der Waals surface area (Å²) in [4.78, 5) is 0. The van der Waals surface area contributed by atoms with E-state index in [-0.39, 0.29) is 0 Å². The lowest BCUT2D eigenvalue weighted by Gasteiger charge is -2.17. The Bertz CT molecular complexity index is 152. The standard InChI is InChI=1S/C15H31N/c1-3-5-6-7-8-9-10-15(16-4-2)13-14-11-12-14/h14-16H,3-13H2,1-2H3. The summed E-state index contributed by atoms with van der Waals surface area (Å²) in [6, 6.07) is 0.823. The molecule has 1 aliphatic rings. The molecule has 1 saturated carbocycles. The van der Waals surface area contributed by atoms with Gasteiger partial charge in [0.25, 0.3) is 0 Å². The van der Waals surface area contributed by atoms with Gasteiger partial charge in [-0.05, 0) is 25.3 Å². The fourth-order valence-electron chi connectivity index (χ4n) is 2.52. The lowest BCUT2D eigenvalue weighted by atomic mass is 10.0. The van der Waals surface area contributed by atoms with E-state index in [0.29, 0.717) is 0 Å². The van der Waals surface area contributed by atoms with Gasteiger partial charge in [0.1, 0.15) is 0 Å². The summed E-state index contributed by atoms with van der Waals surface area (Å²) >= 11 is 0. The molecule has 1 heteroatoms. The van der Waals surface area contributed by atoms with Crippen molar-refractivity contribution in [3.8, 4) is 0 Å². The Balaban J connectivity index is 1.93. The first-order valence-corrected chi connectivity index (χ1v) is 7.60. The van der Waals surface area contributed by atoms with E-state index in [9.17, 15) is 0 Å². The van der Waals surface area contributed by atoms with Gasteiger partial charge in [-0.15, -0.1) is 0 Å². The summed E-state index contributed by atoms with van der Waals surface area (Å²) < 4.78 is 0. The van der Waals surface area contributed by atoms with Crippen molar-refractivity contribution in [1.82, 2.24) is 5.32 Å². The molecule has 1 aliphatic carbocycles. The van der Waals surface area contributed by atoms with Crippen LogP contribution in [0.4, 0.5) is 0 Å². The van der Waals surface area contributed by atoms with E-state index < -0.39 is 0 Å². The van der Waals surface area contributed by atoms with Gasteiger partial charge in [-0.3, -0.25) is 0 Å². The predicted octanol–water partition coefficient (Wildman–Crippen LogP) is 4.52. The quantitative estimate of drug-likeness (QED) is 0.510. The van der Waals surface area contributed by atoms with Gasteiger partial charge in [0.15, 0.2) is 0 Å². The van der Waals surface area contributed by atoms with Gasteiger partial charge in [0.05, 0.1) is 0 Å². The van der Waals surface area contributed by atoms with Crippen LogP contribution in [0.3, 0.4) is 0 Å². The molecule has 0 aromatic heterocycles. The lowest BCUT2D eigenvalue weighted by molar-refractivity contribution is 0.421. The second-order valence-electron chi connectivity index (χ2n) is 5.49. The Morgan fingerprint density at radius 2 is 1.69 bits per heavy atom. The SMILES string of the molecule is CCCCCCCCC(CC1CC1)NCC. The number of nitrogens with one attached hydrogen (secondary N) is 1. The van der Waals surface area contributed by atoms with E-state index in [1.54, 1.807) is 0 Å². The molecule has 1 N–H and O–H groups in total. The van der Waals surface area contributed by atoms with Gasteiger partial charge >= 0.3 is 0 Å². The second-order valence-corrected chi connectivity index (χ2v) is 5.49. The summed E-state index contributed by atoms with van der Waals surface area (Å²) in [6.45, 7) is 5.67. The highest BCUT2D eigenvalue weighted by Gasteiger charge is 2.24. The van der Waals surface area contributed by atoms with Gasteiger partial charge in [0, 0.05) is 6.04 Å². The van der Waals surface area contributed by atoms with Gasteiger partial charge in [-0.1, -0.05) is 65.2 Å². The number of hydrogen-bond acceptors (Lipinski definition) is 1. The Labute approximate surface area is 102 Å². The first kappa shape index (κ1) is 14.0. The van der Waals surface area contributed by atoms with Gasteiger partial charge in [-0.25, -0.2) is 0 Å². The summed E-state index contributed by atoms with van der Waals surface area (Å²) in [5.74, 6) is 1.07. The fraction of sp³-hybridized carbons (Fsp3) is 1.00. The molecule has 16 heavy (non-hydrogen) atoms. The third-order valence-electron chi connectivity index (χ3n) is 3.71. The van der Waals surface area contributed by atoms with Crippen LogP contribution < -0.4 is 5.32 Å². The molecule has 1 unspecified atom stereocenters. The van der Waals surface area contributed by atoms with Crippen LogP contribution in [0.2, 0.25) is 0 Å². The zero-order chi connectivity index (χ0) is 11.6. The zero-order valence-corrected chi connectivity index (χ0v) is 11.4. The van der Waals surface area contributed by atoms with Crippen molar-refractivity contribution in [3.63, 3.8) is 0 Å². The van der Waals surface area contributed by atoms with Crippen LogP contribution in [0.5, 0.6) is 0 Å². The normalized spacial score (nSPS) is 17.6. The van der Waals surface area contributed by atoms with Gasteiger partial charge in [-0.2, -0.15) is 0 Å². The largest absolute Gasteiger partial charge is 0.314 e. The van der Waals surface area contributed by atoms with Crippen molar-refractivity contribution < 1.29 is 0 Å². The van der Waals surface area contributed by atoms with E-state index in [0.717, 1.165) is 18.5 Å². The molecule has 0 heterocycles. The first-order valence-electron chi connectivity index (χ1n) is 7.60. The average molecular weight is 225 g/mol. The van der Waals surface area contributed by atoms with Crippen molar-refractivity contribution in [3.05, 3.63) is 0 Å². The topological polar surface area (TPSA) is 12.0 Å². The van der Waals surface area contributed by atoms with Crippen molar-refractivity contribution in [2.24, 2.45) is 5.92 Å². The summed E-state index contributed by atoms with van der Waals surface area (Å²) in [7, 11) is 0. The lowest BCUT2D eigenvalue weighted by Crippen LogP contribution is -2.29. The van der Waals surface area contributed by atoms with Crippen LogP contribution >= 0.6 is 0 Å². The summed E-state index contributed by atoms with van der Waals surface area (Å²) in [6.07, 6.45) is 14.4. The molecule has 1 atom stereocenters. The highest BCUT2D eigenvalue weighted by molar-refractivity contribution is 4.79. The van der Waals surface area contributed by atoms with Crippen molar-refractivity contribution in [1.29, 1.82) is 0 Å². The molecular weight excluding hydrogens is 194 g/mol. The Kier molecular flexibility index (Phi) is 7.92. The molecule has 0 saturated heterocycles. The molecular formula is C15H31N. The highest BCUT2D eigenvalue weighted by Crippen LogP contribution is 2.34. The molecule has 0 aromatic rings. The monoisotopic (exact) mass is 225 g/mol. The molecule has 0 aromatic carbocycles. The minimum atomic E-state index is 0.823. The molecule has 0 amide bonds. The Hall–Kier alpha value is -0.0400. The maximum atomic E-state index is 3.66. The maximum Gasteiger partial charge on any atom is 0.00695 e. The molecule has 1 nitrogen and oxygen atoms in total. The van der Waals surface area contributed by atoms with Crippen LogP contribution in [0.15, 0.2) is 0 Å². The molecule has 0 radical (unpaired) electrons. The molecule has 1 fully saturated rings. The highest BCUT2D eigenvalue weighted by atomic mass is 14.9. The van der Waals surface area contributed by atoms with E-state index in [1.807, 2.05) is 0 Å². The molecule has 0 bridgehead atoms. The average Bonchev–Trinajstić information content (AvgIpc) is 3.07. The first-order chi connectivity index (χ1) is 7.86. The van der Waals surface area contributed by atoms with Crippen molar-refractivity contribution in [2.75, 3.05) is 6.54 Å². The van der Waals surface area contributed by atoms with Crippen LogP contribution in [0.25, 0.3) is 0 Å². The maximum absolute atomic E-state index is 3.66. The summed E-state index contributed by atoms with van der Waals surface area (Å²) in [5, 5.41) is 3.66. The predicted molar refractivity (Wildman–Crippen MR) is 72.8 cm³/mol. The van der Waals surface area contributed by atoms with Crippen LogP contribution in [0.1, 0.15) is 78.1 Å². The number of hydrogen-bond donors (Lipinski definition) is 1. The van der Waals surface area contributed by atoms with Gasteiger partial charge in [0.2, 0.25) is 0 Å². The molecule has 1 rings (SSSR count). The van der Waals surface area contributed by atoms with Crippen molar-refractivity contribution >= 4 is 0 Å². The Morgan fingerprint density at radius 1 is 1.00 bits per heavy atom. The zero-order valence-electron chi connectivity index (χ0n) is 11.4. The number of unbranched alkanes of at least 4 members (excludes halogenated alkanes) is 5.